The SMILES string of the molecule is C=C(C)C(=O)OC1C2CC3C(=O)OC1(C(=O)O)C3C2. The number of hydrogen-bond donors (Lipinski definition) is 1. The Kier molecular flexibility index (Phi) is 2.30. The molecule has 0 aromatic carbocycles. The predicted octanol–water partition coefficient (Wildman–Crippen LogP) is 0.510. The molecule has 5 unspecified atom stereocenters. The average molecular weight is 266 g/mol. The fraction of sp³-hybridized carbons (Fsp3) is 0.615. The van der Waals surface area contributed by atoms with Crippen molar-refractivity contribution in [1.82, 2.24) is 0 Å². The topological polar surface area (TPSA) is 89.9 Å². The molecule has 2 bridgehead atoms. The van der Waals surface area contributed by atoms with Gasteiger partial charge in [-0.1, -0.05) is 6.58 Å². The third-order valence-electron chi connectivity index (χ3n) is 4.49. The zero-order valence-electron chi connectivity index (χ0n) is 10.4. The second kappa shape index (κ2) is 3.59. The molecule has 0 radical (unpaired) electrons. The average Bonchev–Trinajstić information content (AvgIpc) is 2.91. The second-order valence-corrected chi connectivity index (χ2v) is 5.57. The van der Waals surface area contributed by atoms with Crippen molar-refractivity contribution >= 4 is 17.9 Å². The molecular weight excluding hydrogens is 252 g/mol. The van der Waals surface area contributed by atoms with Crippen LogP contribution in [0.2, 0.25) is 0 Å². The molecule has 1 N–H and O–H groups in total. The Bertz CT molecular complexity index is 509. The van der Waals surface area contributed by atoms with E-state index in [0.717, 1.165) is 0 Å². The monoisotopic (exact) mass is 266 g/mol. The molecule has 0 aromatic heterocycles. The fourth-order valence-electron chi connectivity index (χ4n) is 3.72. The maximum absolute atomic E-state index is 11.7. The number of carboxylic acid groups (broad SMARTS) is 1. The van der Waals surface area contributed by atoms with Crippen LogP contribution in [-0.2, 0) is 23.9 Å². The lowest BCUT2D eigenvalue weighted by atomic mass is 9.78. The third-order valence-corrected chi connectivity index (χ3v) is 4.49. The van der Waals surface area contributed by atoms with Gasteiger partial charge in [0, 0.05) is 17.4 Å². The summed E-state index contributed by atoms with van der Waals surface area (Å²) >= 11 is 0. The second-order valence-electron chi connectivity index (χ2n) is 5.57. The zero-order valence-corrected chi connectivity index (χ0v) is 10.4. The maximum Gasteiger partial charge on any atom is 0.352 e. The number of rotatable bonds is 3. The van der Waals surface area contributed by atoms with Crippen molar-refractivity contribution in [2.45, 2.75) is 31.5 Å². The molecule has 5 atom stereocenters. The molecule has 6 nitrogen and oxygen atoms in total. The van der Waals surface area contributed by atoms with E-state index in [1.54, 1.807) is 0 Å². The van der Waals surface area contributed by atoms with Crippen LogP contribution in [0.1, 0.15) is 19.8 Å². The minimum Gasteiger partial charge on any atom is -0.478 e. The number of carboxylic acids is 1. The van der Waals surface area contributed by atoms with E-state index in [1.807, 2.05) is 0 Å². The van der Waals surface area contributed by atoms with Crippen LogP contribution >= 0.6 is 0 Å². The minimum absolute atomic E-state index is 0.124. The Hall–Kier alpha value is -1.85. The lowest BCUT2D eigenvalue weighted by molar-refractivity contribution is -0.190. The number of esters is 2. The van der Waals surface area contributed by atoms with Crippen LogP contribution in [0, 0.1) is 17.8 Å². The Balaban J connectivity index is 1.97. The largest absolute Gasteiger partial charge is 0.478 e. The van der Waals surface area contributed by atoms with E-state index in [-0.39, 0.29) is 23.3 Å². The summed E-state index contributed by atoms with van der Waals surface area (Å²) in [7, 11) is 0. The summed E-state index contributed by atoms with van der Waals surface area (Å²) in [6.07, 6.45) is 0.186. The van der Waals surface area contributed by atoms with E-state index >= 15 is 0 Å². The van der Waals surface area contributed by atoms with Crippen LogP contribution in [-0.4, -0.2) is 34.7 Å². The van der Waals surface area contributed by atoms with Gasteiger partial charge in [0.15, 0.2) is 6.10 Å². The summed E-state index contributed by atoms with van der Waals surface area (Å²) < 4.78 is 10.4. The van der Waals surface area contributed by atoms with Crippen molar-refractivity contribution in [3.63, 3.8) is 0 Å². The van der Waals surface area contributed by atoms with Crippen LogP contribution in [0.5, 0.6) is 0 Å². The molecule has 6 heteroatoms. The Morgan fingerprint density at radius 2 is 2.16 bits per heavy atom. The van der Waals surface area contributed by atoms with Gasteiger partial charge in [-0.25, -0.2) is 9.59 Å². The molecule has 1 heterocycles. The first-order valence-electron chi connectivity index (χ1n) is 6.20. The van der Waals surface area contributed by atoms with E-state index in [4.69, 9.17) is 9.47 Å². The molecule has 1 saturated heterocycles. The van der Waals surface area contributed by atoms with Gasteiger partial charge in [-0.3, -0.25) is 4.79 Å². The highest BCUT2D eigenvalue weighted by atomic mass is 16.6. The molecule has 2 aliphatic carbocycles. The van der Waals surface area contributed by atoms with Crippen LogP contribution in [0.4, 0.5) is 0 Å². The van der Waals surface area contributed by atoms with Gasteiger partial charge >= 0.3 is 17.9 Å². The molecule has 19 heavy (non-hydrogen) atoms. The zero-order chi connectivity index (χ0) is 13.9. The number of carbonyl (C=O) groups excluding carboxylic acids is 2. The van der Waals surface area contributed by atoms with E-state index in [1.165, 1.54) is 6.92 Å². The standard InChI is InChI=1S/C13H14O6/c1-5(2)10(14)18-9-6-3-7-8(4-6)13(9,12(16)17)19-11(7)15/h6-9H,1,3-4H2,2H3,(H,16,17). The molecule has 3 aliphatic rings. The Morgan fingerprint density at radius 3 is 2.74 bits per heavy atom. The summed E-state index contributed by atoms with van der Waals surface area (Å²) in [4.78, 5) is 35.0. The third kappa shape index (κ3) is 1.34. The van der Waals surface area contributed by atoms with E-state index in [2.05, 4.69) is 6.58 Å². The van der Waals surface area contributed by atoms with Gasteiger partial charge in [0.1, 0.15) is 0 Å². The van der Waals surface area contributed by atoms with Gasteiger partial charge < -0.3 is 14.6 Å². The first-order chi connectivity index (χ1) is 8.87. The summed E-state index contributed by atoms with van der Waals surface area (Å²) in [5, 5.41) is 9.46. The number of hydrogen-bond acceptors (Lipinski definition) is 5. The van der Waals surface area contributed by atoms with Crippen molar-refractivity contribution < 1.29 is 29.0 Å². The normalized spacial score (nSPS) is 42.1. The van der Waals surface area contributed by atoms with Gasteiger partial charge in [-0.05, 0) is 19.8 Å². The van der Waals surface area contributed by atoms with Crippen LogP contribution in [0.25, 0.3) is 0 Å². The van der Waals surface area contributed by atoms with Crippen molar-refractivity contribution in [3.8, 4) is 0 Å². The van der Waals surface area contributed by atoms with Gasteiger partial charge in [0.05, 0.1) is 5.92 Å². The number of fused-ring (bicyclic) bond motifs is 1. The molecule has 0 spiro atoms. The number of carbonyl (C=O) groups is 3. The van der Waals surface area contributed by atoms with E-state index in [9.17, 15) is 19.5 Å². The van der Waals surface area contributed by atoms with Gasteiger partial charge in [0.25, 0.3) is 0 Å². The summed E-state index contributed by atoms with van der Waals surface area (Å²) in [6.45, 7) is 4.97. The molecule has 3 rings (SSSR count). The lowest BCUT2D eigenvalue weighted by Gasteiger charge is -2.33. The minimum atomic E-state index is -1.68. The van der Waals surface area contributed by atoms with E-state index in [0.29, 0.717) is 12.8 Å². The Morgan fingerprint density at radius 1 is 1.47 bits per heavy atom. The van der Waals surface area contributed by atoms with Crippen LogP contribution < -0.4 is 0 Å². The molecule has 102 valence electrons. The highest BCUT2D eigenvalue weighted by Gasteiger charge is 2.76. The van der Waals surface area contributed by atoms with E-state index < -0.39 is 29.6 Å². The highest BCUT2D eigenvalue weighted by Crippen LogP contribution is 2.61. The van der Waals surface area contributed by atoms with Crippen molar-refractivity contribution in [2.75, 3.05) is 0 Å². The smallest absolute Gasteiger partial charge is 0.352 e. The van der Waals surface area contributed by atoms with Gasteiger partial charge in [-0.15, -0.1) is 0 Å². The maximum atomic E-state index is 11.7. The van der Waals surface area contributed by atoms with Crippen LogP contribution in [0.3, 0.4) is 0 Å². The van der Waals surface area contributed by atoms with Crippen molar-refractivity contribution in [3.05, 3.63) is 12.2 Å². The van der Waals surface area contributed by atoms with Crippen LogP contribution in [0.15, 0.2) is 12.2 Å². The van der Waals surface area contributed by atoms with Gasteiger partial charge in [0.2, 0.25) is 5.60 Å². The molecule has 0 aromatic rings. The summed E-state index contributed by atoms with van der Waals surface area (Å²) in [6, 6.07) is 0. The Labute approximate surface area is 109 Å². The van der Waals surface area contributed by atoms with Crippen molar-refractivity contribution in [1.29, 1.82) is 0 Å². The summed E-state index contributed by atoms with van der Waals surface area (Å²) in [5.74, 6) is -3.22. The molecule has 0 amide bonds. The summed E-state index contributed by atoms with van der Waals surface area (Å²) in [5.41, 5.74) is -1.49. The first kappa shape index (κ1) is 12.2. The molecule has 2 saturated carbocycles. The fourth-order valence-corrected chi connectivity index (χ4v) is 3.72. The molecule has 1 aliphatic heterocycles. The lowest BCUT2D eigenvalue weighted by Crippen LogP contribution is -2.54. The first-order valence-corrected chi connectivity index (χ1v) is 6.20. The number of aliphatic carboxylic acids is 1. The van der Waals surface area contributed by atoms with Gasteiger partial charge in [-0.2, -0.15) is 0 Å². The molecule has 3 fully saturated rings. The number of ether oxygens (including phenoxy) is 2. The quantitative estimate of drug-likeness (QED) is 0.591. The predicted molar refractivity (Wildman–Crippen MR) is 60.9 cm³/mol. The van der Waals surface area contributed by atoms with Crippen molar-refractivity contribution in [2.24, 2.45) is 17.8 Å². The molecular formula is C13H14O6. The highest BCUT2D eigenvalue weighted by molar-refractivity contribution is 5.92.